The van der Waals surface area contributed by atoms with Crippen LogP contribution in [0.4, 0.5) is 17.3 Å². The Morgan fingerprint density at radius 1 is 1.26 bits per heavy atom. The molecule has 3 nitrogen and oxygen atoms in total. The Balaban J connectivity index is 2.08. The summed E-state index contributed by atoms with van der Waals surface area (Å²) in [4.78, 5) is 0. The lowest BCUT2D eigenvalue weighted by Crippen LogP contribution is -2.36. The lowest BCUT2D eigenvalue weighted by molar-refractivity contribution is 0.298. The fraction of sp³-hybridized carbons (Fsp3) is 0.182. The molecule has 0 aliphatic heterocycles. The van der Waals surface area contributed by atoms with E-state index in [4.69, 9.17) is 4.74 Å². The van der Waals surface area contributed by atoms with Gasteiger partial charge in [0, 0.05) is 19.3 Å². The zero-order chi connectivity index (χ0) is 14.0. The molecule has 0 aliphatic carbocycles. The number of hydrogen-bond acceptors (Lipinski definition) is 2. The largest absolute Gasteiger partial charge is 0.512 e. The lowest BCUT2D eigenvalue weighted by Gasteiger charge is -2.16. The van der Waals surface area contributed by atoms with Crippen molar-refractivity contribution in [1.29, 1.82) is 0 Å². The molecule has 0 spiro atoms. The van der Waals surface area contributed by atoms with Gasteiger partial charge in [0.05, 0.1) is 11.5 Å². The molecular formula is C11H10BF4N2O-. The normalized spacial score (nSPS) is 11.6. The van der Waals surface area contributed by atoms with Crippen molar-refractivity contribution in [2.75, 3.05) is 0 Å². The molecule has 102 valence electrons. The second-order valence-corrected chi connectivity index (χ2v) is 4.03. The van der Waals surface area contributed by atoms with Crippen molar-refractivity contribution in [3.05, 3.63) is 42.0 Å². The minimum absolute atomic E-state index is 0.0342. The Labute approximate surface area is 106 Å². The maximum absolute atomic E-state index is 13.3. The van der Waals surface area contributed by atoms with Gasteiger partial charge < -0.3 is 17.7 Å². The third-order valence-electron chi connectivity index (χ3n) is 2.48. The van der Waals surface area contributed by atoms with Gasteiger partial charge in [-0.2, -0.15) is 5.10 Å². The molecule has 0 bridgehead atoms. The molecular weight excluding hydrogens is 263 g/mol. The highest BCUT2D eigenvalue weighted by atomic mass is 19.4. The van der Waals surface area contributed by atoms with E-state index in [0.29, 0.717) is 11.8 Å². The van der Waals surface area contributed by atoms with Gasteiger partial charge >= 0.3 is 6.98 Å². The summed E-state index contributed by atoms with van der Waals surface area (Å²) >= 11 is 0. The first-order valence-electron chi connectivity index (χ1n) is 5.47. The molecule has 0 saturated heterocycles. The molecule has 19 heavy (non-hydrogen) atoms. The molecule has 0 radical (unpaired) electrons. The van der Waals surface area contributed by atoms with Gasteiger partial charge in [-0.1, -0.05) is 11.5 Å². The highest BCUT2D eigenvalue weighted by Gasteiger charge is 2.28. The van der Waals surface area contributed by atoms with Crippen molar-refractivity contribution in [1.82, 2.24) is 9.78 Å². The molecule has 0 atom stereocenters. The molecule has 1 heterocycles. The topological polar surface area (TPSA) is 27.1 Å². The van der Waals surface area contributed by atoms with Crippen molar-refractivity contribution >= 4 is 12.4 Å². The van der Waals surface area contributed by atoms with Crippen molar-refractivity contribution in [2.45, 2.75) is 6.61 Å². The average molecular weight is 273 g/mol. The van der Waals surface area contributed by atoms with Gasteiger partial charge in [0.2, 0.25) is 0 Å². The molecule has 0 amide bonds. The minimum atomic E-state index is -5.35. The summed E-state index contributed by atoms with van der Waals surface area (Å²) in [5.74, 6) is -1.29. The molecule has 0 N–H and O–H groups in total. The Bertz CT molecular complexity index is 582. The van der Waals surface area contributed by atoms with Gasteiger partial charge in [0.25, 0.3) is 0 Å². The van der Waals surface area contributed by atoms with Crippen LogP contribution in [-0.4, -0.2) is 16.8 Å². The van der Waals surface area contributed by atoms with Crippen LogP contribution in [0.5, 0.6) is 5.75 Å². The van der Waals surface area contributed by atoms with E-state index in [-0.39, 0.29) is 12.4 Å². The number of nitrogens with zero attached hydrogens (tertiary/aromatic N) is 2. The molecule has 0 fully saturated rings. The van der Waals surface area contributed by atoms with Gasteiger partial charge in [-0.05, 0) is 12.1 Å². The Kier molecular flexibility index (Phi) is 3.50. The first kappa shape index (κ1) is 13.4. The quantitative estimate of drug-likeness (QED) is 0.630. The second-order valence-electron chi connectivity index (χ2n) is 4.03. The van der Waals surface area contributed by atoms with Gasteiger partial charge in [-0.25, -0.2) is 4.39 Å². The summed E-state index contributed by atoms with van der Waals surface area (Å²) in [6.07, 6.45) is 1.70. The first-order chi connectivity index (χ1) is 8.86. The maximum atomic E-state index is 13.3. The highest BCUT2D eigenvalue weighted by molar-refractivity contribution is 6.73. The van der Waals surface area contributed by atoms with E-state index in [9.17, 15) is 17.3 Å². The van der Waals surface area contributed by atoms with Crippen molar-refractivity contribution < 1.29 is 22.1 Å². The summed E-state index contributed by atoms with van der Waals surface area (Å²) in [6, 6.07) is 4.21. The molecule has 1 aromatic carbocycles. The SMILES string of the molecule is Cn1ccc(COc2ccc([B-](F)(F)F)c(F)c2)n1. The third-order valence-corrected chi connectivity index (χ3v) is 2.48. The zero-order valence-electron chi connectivity index (χ0n) is 9.99. The standard InChI is InChI=1S/C11H10BF4N2O/c1-18-5-4-8(17-18)7-19-9-2-3-10(11(13)6-9)12(14,15)16/h2-6H,7H2,1H3/q-1. The van der Waals surface area contributed by atoms with Crippen LogP contribution < -0.4 is 10.2 Å². The van der Waals surface area contributed by atoms with Gasteiger partial charge in [-0.3, -0.25) is 4.68 Å². The van der Waals surface area contributed by atoms with Crippen molar-refractivity contribution in [3.8, 4) is 5.75 Å². The predicted octanol–water partition coefficient (Wildman–Crippen LogP) is 2.19. The van der Waals surface area contributed by atoms with Crippen LogP contribution in [0.1, 0.15) is 5.69 Å². The second kappa shape index (κ2) is 4.95. The Morgan fingerprint density at radius 3 is 2.53 bits per heavy atom. The van der Waals surface area contributed by atoms with Crippen LogP contribution in [0, 0.1) is 5.82 Å². The minimum Gasteiger partial charge on any atom is -0.487 e. The fourth-order valence-electron chi connectivity index (χ4n) is 1.56. The molecule has 2 rings (SSSR count). The van der Waals surface area contributed by atoms with E-state index in [1.165, 1.54) is 0 Å². The maximum Gasteiger partial charge on any atom is 0.512 e. The number of ether oxygens (including phenoxy) is 1. The Morgan fingerprint density at radius 2 is 2.00 bits per heavy atom. The molecule has 0 saturated carbocycles. The number of rotatable bonds is 4. The highest BCUT2D eigenvalue weighted by Crippen LogP contribution is 2.17. The number of benzene rings is 1. The van der Waals surface area contributed by atoms with Crippen LogP contribution in [-0.2, 0) is 13.7 Å². The van der Waals surface area contributed by atoms with Gasteiger partial charge in [0.1, 0.15) is 12.4 Å². The van der Waals surface area contributed by atoms with Crippen LogP contribution in [0.3, 0.4) is 0 Å². The smallest absolute Gasteiger partial charge is 0.487 e. The summed E-state index contributed by atoms with van der Waals surface area (Å²) in [7, 11) is 1.73. The average Bonchev–Trinajstić information content (AvgIpc) is 2.71. The Hall–Kier alpha value is -1.99. The zero-order valence-corrected chi connectivity index (χ0v) is 9.99. The fourth-order valence-corrected chi connectivity index (χ4v) is 1.56. The summed E-state index contributed by atoms with van der Waals surface area (Å²) in [6.45, 7) is -5.28. The number of aryl methyl sites for hydroxylation is 1. The van der Waals surface area contributed by atoms with Crippen LogP contribution in [0.15, 0.2) is 30.5 Å². The number of halogens is 4. The molecule has 0 aliphatic rings. The van der Waals surface area contributed by atoms with Gasteiger partial charge in [-0.15, -0.1) is 0 Å². The third kappa shape index (κ3) is 3.27. The van der Waals surface area contributed by atoms with Crippen LogP contribution in [0.25, 0.3) is 0 Å². The number of aromatic nitrogens is 2. The molecule has 0 unspecified atom stereocenters. The van der Waals surface area contributed by atoms with E-state index >= 15 is 0 Å². The van der Waals surface area contributed by atoms with E-state index in [2.05, 4.69) is 5.10 Å². The molecule has 8 heteroatoms. The van der Waals surface area contributed by atoms with Crippen molar-refractivity contribution in [3.63, 3.8) is 0 Å². The first-order valence-corrected chi connectivity index (χ1v) is 5.47. The van der Waals surface area contributed by atoms with E-state index in [1.807, 2.05) is 0 Å². The summed E-state index contributed by atoms with van der Waals surface area (Å²) in [5.41, 5.74) is -0.641. The lowest BCUT2D eigenvalue weighted by atomic mass is 9.80. The molecule has 1 aromatic heterocycles. The van der Waals surface area contributed by atoms with Gasteiger partial charge in [0.15, 0.2) is 0 Å². The monoisotopic (exact) mass is 273 g/mol. The summed E-state index contributed by atoms with van der Waals surface area (Å²) < 4.78 is 57.2. The summed E-state index contributed by atoms with van der Waals surface area (Å²) in [5, 5.41) is 4.03. The van der Waals surface area contributed by atoms with E-state index in [0.717, 1.165) is 12.1 Å². The molecule has 2 aromatic rings. The van der Waals surface area contributed by atoms with E-state index < -0.39 is 18.3 Å². The van der Waals surface area contributed by atoms with E-state index in [1.54, 1.807) is 24.0 Å². The van der Waals surface area contributed by atoms with Crippen LogP contribution in [0.2, 0.25) is 0 Å². The predicted molar refractivity (Wildman–Crippen MR) is 62.7 cm³/mol. The number of hydrogen-bond donors (Lipinski definition) is 0. The van der Waals surface area contributed by atoms with Crippen molar-refractivity contribution in [2.24, 2.45) is 7.05 Å². The van der Waals surface area contributed by atoms with Crippen LogP contribution >= 0.6 is 0 Å².